The van der Waals surface area contributed by atoms with Crippen molar-refractivity contribution in [3.8, 4) is 0 Å². The molecule has 1 unspecified atom stereocenters. The molecule has 2 atom stereocenters. The quantitative estimate of drug-likeness (QED) is 0.502. The molecule has 1 saturated heterocycles. The van der Waals surface area contributed by atoms with E-state index in [-0.39, 0.29) is 47.0 Å². The molecule has 27 heavy (non-hydrogen) atoms. The summed E-state index contributed by atoms with van der Waals surface area (Å²) in [4.78, 5) is 38.5. The van der Waals surface area contributed by atoms with E-state index in [4.69, 9.17) is 4.74 Å². The van der Waals surface area contributed by atoms with E-state index in [0.29, 0.717) is 12.2 Å². The largest absolute Gasteiger partial charge is 0.463 e. The topological polar surface area (TPSA) is 75.7 Å². The predicted molar refractivity (Wildman–Crippen MR) is 109 cm³/mol. The SMILES string of the molecule is CCOC(=O)/C(C)=C/[C@H](C(C)C)N(C)C(=O)CNC(=O)C1CCSC1(C)C. The van der Waals surface area contributed by atoms with Crippen LogP contribution in [-0.4, -0.2) is 59.4 Å². The highest BCUT2D eigenvalue weighted by Crippen LogP contribution is 2.42. The molecule has 1 aliphatic rings. The van der Waals surface area contributed by atoms with Crippen molar-refractivity contribution >= 4 is 29.5 Å². The summed E-state index contributed by atoms with van der Waals surface area (Å²) in [5, 5.41) is 2.80. The summed E-state index contributed by atoms with van der Waals surface area (Å²) in [6, 6.07) is -0.253. The van der Waals surface area contributed by atoms with E-state index in [1.165, 1.54) is 0 Å². The summed E-state index contributed by atoms with van der Waals surface area (Å²) in [6.07, 6.45) is 2.60. The fourth-order valence-corrected chi connectivity index (χ4v) is 4.54. The zero-order valence-corrected chi connectivity index (χ0v) is 18.4. The molecule has 2 amide bonds. The summed E-state index contributed by atoms with van der Waals surface area (Å²) in [7, 11) is 1.70. The van der Waals surface area contributed by atoms with Crippen LogP contribution in [0.2, 0.25) is 0 Å². The Morgan fingerprint density at radius 2 is 1.96 bits per heavy atom. The van der Waals surface area contributed by atoms with Crippen molar-refractivity contribution in [2.45, 2.75) is 58.8 Å². The minimum absolute atomic E-state index is 0.0396. The Labute approximate surface area is 167 Å². The normalized spacial score (nSPS) is 20.3. The molecule has 0 aliphatic carbocycles. The Kier molecular flexibility index (Phi) is 8.85. The Balaban J connectivity index is 2.72. The number of hydrogen-bond donors (Lipinski definition) is 1. The Morgan fingerprint density at radius 3 is 2.44 bits per heavy atom. The van der Waals surface area contributed by atoms with Crippen LogP contribution in [0.5, 0.6) is 0 Å². The lowest BCUT2D eigenvalue weighted by Gasteiger charge is -2.30. The van der Waals surface area contributed by atoms with E-state index < -0.39 is 0 Å². The van der Waals surface area contributed by atoms with Gasteiger partial charge in [0.2, 0.25) is 11.8 Å². The van der Waals surface area contributed by atoms with Gasteiger partial charge in [0.15, 0.2) is 0 Å². The van der Waals surface area contributed by atoms with Crippen molar-refractivity contribution in [3.63, 3.8) is 0 Å². The van der Waals surface area contributed by atoms with E-state index in [1.807, 2.05) is 13.8 Å². The lowest BCUT2D eigenvalue weighted by atomic mass is 9.92. The number of carbonyl (C=O) groups is 3. The monoisotopic (exact) mass is 398 g/mol. The second-order valence-corrected chi connectivity index (χ2v) is 9.57. The molecule has 1 heterocycles. The molecule has 1 aliphatic heterocycles. The molecular formula is C20H34N2O4S. The number of thioether (sulfide) groups is 1. The maximum absolute atomic E-state index is 12.6. The summed E-state index contributed by atoms with van der Waals surface area (Å²) < 4.78 is 4.91. The minimum Gasteiger partial charge on any atom is -0.463 e. The van der Waals surface area contributed by atoms with Crippen LogP contribution in [0, 0.1) is 11.8 Å². The van der Waals surface area contributed by atoms with E-state index in [1.54, 1.807) is 43.6 Å². The number of likely N-dealkylation sites (N-methyl/N-ethyl adjacent to an activating group) is 1. The average Bonchev–Trinajstić information content (AvgIpc) is 2.95. The van der Waals surface area contributed by atoms with Crippen molar-refractivity contribution < 1.29 is 19.1 Å². The predicted octanol–water partition coefficient (Wildman–Crippen LogP) is 2.63. The van der Waals surface area contributed by atoms with Gasteiger partial charge in [-0.05, 0) is 45.8 Å². The molecule has 0 aromatic rings. The van der Waals surface area contributed by atoms with Crippen molar-refractivity contribution in [2.75, 3.05) is 26.0 Å². The number of hydrogen-bond acceptors (Lipinski definition) is 5. The van der Waals surface area contributed by atoms with E-state index in [9.17, 15) is 14.4 Å². The zero-order valence-electron chi connectivity index (χ0n) is 17.6. The average molecular weight is 399 g/mol. The molecule has 0 radical (unpaired) electrons. The Bertz CT molecular complexity index is 587. The number of ether oxygens (including phenoxy) is 1. The highest BCUT2D eigenvalue weighted by Gasteiger charge is 2.40. The number of rotatable bonds is 8. The van der Waals surface area contributed by atoms with Crippen LogP contribution in [0.25, 0.3) is 0 Å². The molecular weight excluding hydrogens is 364 g/mol. The highest BCUT2D eigenvalue weighted by molar-refractivity contribution is 8.00. The first-order chi connectivity index (χ1) is 12.5. The number of nitrogens with one attached hydrogen (secondary N) is 1. The fourth-order valence-electron chi connectivity index (χ4n) is 3.23. The van der Waals surface area contributed by atoms with E-state index >= 15 is 0 Å². The third kappa shape index (κ3) is 6.55. The highest BCUT2D eigenvalue weighted by atomic mass is 32.2. The van der Waals surface area contributed by atoms with Crippen molar-refractivity contribution in [3.05, 3.63) is 11.6 Å². The van der Waals surface area contributed by atoms with Crippen LogP contribution in [0.3, 0.4) is 0 Å². The second kappa shape index (κ2) is 10.2. The molecule has 0 saturated carbocycles. The molecule has 1 N–H and O–H groups in total. The Morgan fingerprint density at radius 1 is 1.33 bits per heavy atom. The third-order valence-electron chi connectivity index (χ3n) is 4.99. The summed E-state index contributed by atoms with van der Waals surface area (Å²) in [5.41, 5.74) is 0.476. The van der Waals surface area contributed by atoms with Crippen LogP contribution in [0.15, 0.2) is 11.6 Å². The van der Waals surface area contributed by atoms with Gasteiger partial charge in [0, 0.05) is 17.4 Å². The first-order valence-electron chi connectivity index (χ1n) is 9.54. The first-order valence-corrected chi connectivity index (χ1v) is 10.5. The standard InChI is InChI=1S/C20H34N2O4S/c1-8-26-19(25)14(4)11-16(13(2)3)22(7)17(23)12-21-18(24)15-9-10-27-20(15,5)6/h11,13,15-16H,8-10,12H2,1-7H3,(H,21,24)/b14-11+/t15?,16-/m1/s1. The molecule has 0 aromatic carbocycles. The van der Waals surface area contributed by atoms with Crippen molar-refractivity contribution in [2.24, 2.45) is 11.8 Å². The molecule has 7 heteroatoms. The lowest BCUT2D eigenvalue weighted by Crippen LogP contribution is -2.47. The van der Waals surface area contributed by atoms with Crippen molar-refractivity contribution in [1.29, 1.82) is 0 Å². The van der Waals surface area contributed by atoms with Crippen molar-refractivity contribution in [1.82, 2.24) is 10.2 Å². The van der Waals surface area contributed by atoms with Crippen LogP contribution < -0.4 is 5.32 Å². The van der Waals surface area contributed by atoms with Crippen LogP contribution in [0.1, 0.15) is 48.0 Å². The summed E-state index contributed by atoms with van der Waals surface area (Å²) >= 11 is 1.79. The molecule has 0 aromatic heterocycles. The third-order valence-corrected chi connectivity index (χ3v) is 6.46. The smallest absolute Gasteiger partial charge is 0.333 e. The molecule has 1 fully saturated rings. The number of esters is 1. The maximum atomic E-state index is 12.6. The molecule has 6 nitrogen and oxygen atoms in total. The van der Waals surface area contributed by atoms with Gasteiger partial charge in [0.25, 0.3) is 0 Å². The molecule has 0 bridgehead atoms. The number of nitrogens with zero attached hydrogens (tertiary/aromatic N) is 1. The van der Waals surface area contributed by atoms with E-state index in [0.717, 1.165) is 12.2 Å². The molecule has 0 spiro atoms. The molecule has 1 rings (SSSR count). The van der Waals surface area contributed by atoms with Crippen LogP contribution in [-0.2, 0) is 19.1 Å². The second-order valence-electron chi connectivity index (χ2n) is 7.82. The van der Waals surface area contributed by atoms with Gasteiger partial charge in [-0.15, -0.1) is 0 Å². The number of carbonyl (C=O) groups excluding carboxylic acids is 3. The summed E-state index contributed by atoms with van der Waals surface area (Å²) in [5.74, 6) is 0.381. The number of amides is 2. The van der Waals surface area contributed by atoms with Gasteiger partial charge in [0.05, 0.1) is 25.1 Å². The Hall–Kier alpha value is -1.50. The van der Waals surface area contributed by atoms with Gasteiger partial charge >= 0.3 is 5.97 Å². The zero-order chi connectivity index (χ0) is 20.8. The summed E-state index contributed by atoms with van der Waals surface area (Å²) in [6.45, 7) is 11.8. The van der Waals surface area contributed by atoms with Crippen LogP contribution >= 0.6 is 11.8 Å². The van der Waals surface area contributed by atoms with Gasteiger partial charge in [-0.25, -0.2) is 4.79 Å². The fraction of sp³-hybridized carbons (Fsp3) is 0.750. The van der Waals surface area contributed by atoms with Crippen LogP contribution in [0.4, 0.5) is 0 Å². The molecule has 154 valence electrons. The van der Waals surface area contributed by atoms with Gasteiger partial charge in [-0.1, -0.05) is 19.9 Å². The van der Waals surface area contributed by atoms with E-state index in [2.05, 4.69) is 19.2 Å². The van der Waals surface area contributed by atoms with Gasteiger partial charge in [-0.3, -0.25) is 9.59 Å². The van der Waals surface area contributed by atoms with Gasteiger partial charge in [0.1, 0.15) is 0 Å². The lowest BCUT2D eigenvalue weighted by molar-refractivity contribution is -0.138. The first kappa shape index (κ1) is 23.5. The minimum atomic E-state index is -0.377. The van der Waals surface area contributed by atoms with Gasteiger partial charge < -0.3 is 15.0 Å². The maximum Gasteiger partial charge on any atom is 0.333 e. The van der Waals surface area contributed by atoms with Gasteiger partial charge in [-0.2, -0.15) is 11.8 Å².